The average molecular weight is 315 g/mol. The largest absolute Gasteiger partial charge is 0.315 e. The van der Waals surface area contributed by atoms with Crippen LogP contribution in [0.4, 0.5) is 0 Å². The minimum atomic E-state index is -0.231. The smallest absolute Gasteiger partial charge is 0.264 e. The summed E-state index contributed by atoms with van der Waals surface area (Å²) in [5.74, 6) is -0.0761. The van der Waals surface area contributed by atoms with Gasteiger partial charge in [-0.1, -0.05) is 6.08 Å². The van der Waals surface area contributed by atoms with Crippen molar-refractivity contribution in [3.05, 3.63) is 34.7 Å². The summed E-state index contributed by atoms with van der Waals surface area (Å²) < 4.78 is 2.91. The SMILES string of the molecule is CCN(C(=O)Cn1cnc2c(cnn2C)c1=O)C1=CCCCC1. The van der Waals surface area contributed by atoms with E-state index in [1.165, 1.54) is 23.5 Å². The molecule has 0 fully saturated rings. The second kappa shape index (κ2) is 6.36. The summed E-state index contributed by atoms with van der Waals surface area (Å²) in [7, 11) is 1.73. The van der Waals surface area contributed by atoms with E-state index in [-0.39, 0.29) is 18.0 Å². The van der Waals surface area contributed by atoms with Crippen LogP contribution in [0.25, 0.3) is 11.0 Å². The number of aromatic nitrogens is 4. The van der Waals surface area contributed by atoms with E-state index in [1.807, 2.05) is 6.92 Å². The van der Waals surface area contributed by atoms with Gasteiger partial charge in [-0.25, -0.2) is 4.98 Å². The van der Waals surface area contributed by atoms with Crippen LogP contribution in [0, 0.1) is 0 Å². The van der Waals surface area contributed by atoms with Crippen molar-refractivity contribution in [3.8, 4) is 0 Å². The van der Waals surface area contributed by atoms with Crippen LogP contribution in [0.1, 0.15) is 32.6 Å². The fourth-order valence-corrected chi connectivity index (χ4v) is 3.02. The van der Waals surface area contributed by atoms with E-state index < -0.39 is 0 Å². The van der Waals surface area contributed by atoms with Crippen LogP contribution in [0.15, 0.2) is 29.1 Å². The molecule has 2 heterocycles. The molecule has 0 spiro atoms. The maximum Gasteiger partial charge on any atom is 0.264 e. The molecular formula is C16H21N5O2. The Morgan fingerprint density at radius 1 is 1.39 bits per heavy atom. The standard InChI is InChI=1S/C16H21N5O2/c1-3-21(12-7-5-4-6-8-12)14(22)10-20-11-17-15-13(16(20)23)9-18-19(15)2/h7,9,11H,3-6,8,10H2,1-2H3. The number of nitrogens with zero attached hydrogens (tertiary/aromatic N) is 5. The summed E-state index contributed by atoms with van der Waals surface area (Å²) in [6.45, 7) is 2.57. The highest BCUT2D eigenvalue weighted by Gasteiger charge is 2.19. The Kier molecular flexibility index (Phi) is 4.27. The summed E-state index contributed by atoms with van der Waals surface area (Å²) >= 11 is 0. The minimum absolute atomic E-state index is 0.00183. The fourth-order valence-electron chi connectivity index (χ4n) is 3.02. The number of rotatable bonds is 4. The van der Waals surface area contributed by atoms with Crippen LogP contribution in [0.3, 0.4) is 0 Å². The highest BCUT2D eigenvalue weighted by atomic mass is 16.2. The summed E-state index contributed by atoms with van der Waals surface area (Å²) in [4.78, 5) is 31.1. The highest BCUT2D eigenvalue weighted by molar-refractivity contribution is 5.78. The summed E-state index contributed by atoms with van der Waals surface area (Å²) in [6.07, 6.45) is 9.28. The van der Waals surface area contributed by atoms with Crippen molar-refractivity contribution >= 4 is 16.9 Å². The highest BCUT2D eigenvalue weighted by Crippen LogP contribution is 2.21. The van der Waals surface area contributed by atoms with Gasteiger partial charge in [-0.15, -0.1) is 0 Å². The molecule has 7 nitrogen and oxygen atoms in total. The van der Waals surface area contributed by atoms with Crippen LogP contribution in [0.5, 0.6) is 0 Å². The van der Waals surface area contributed by atoms with Gasteiger partial charge in [0.25, 0.3) is 5.56 Å². The van der Waals surface area contributed by atoms with Crippen molar-refractivity contribution in [2.45, 2.75) is 39.2 Å². The van der Waals surface area contributed by atoms with Crippen LogP contribution in [0.2, 0.25) is 0 Å². The molecule has 2 aromatic heterocycles. The normalized spacial score (nSPS) is 14.8. The van der Waals surface area contributed by atoms with Crippen LogP contribution >= 0.6 is 0 Å². The maximum absolute atomic E-state index is 12.6. The molecular weight excluding hydrogens is 294 g/mol. The second-order valence-corrected chi connectivity index (χ2v) is 5.76. The second-order valence-electron chi connectivity index (χ2n) is 5.76. The lowest BCUT2D eigenvalue weighted by molar-refractivity contribution is -0.130. The van der Waals surface area contributed by atoms with E-state index in [9.17, 15) is 9.59 Å². The fraction of sp³-hybridized carbons (Fsp3) is 0.500. The lowest BCUT2D eigenvalue weighted by atomic mass is 10.0. The van der Waals surface area contributed by atoms with Crippen LogP contribution < -0.4 is 5.56 Å². The molecule has 0 bridgehead atoms. The van der Waals surface area contributed by atoms with E-state index >= 15 is 0 Å². The third-order valence-electron chi connectivity index (χ3n) is 4.25. The third-order valence-corrected chi connectivity index (χ3v) is 4.25. The molecule has 3 rings (SSSR count). The van der Waals surface area contributed by atoms with Gasteiger partial charge in [-0.2, -0.15) is 5.10 Å². The van der Waals surface area contributed by atoms with E-state index in [1.54, 1.807) is 16.6 Å². The number of allylic oxidation sites excluding steroid dienone is 2. The molecule has 0 aliphatic heterocycles. The third kappa shape index (κ3) is 2.91. The lowest BCUT2D eigenvalue weighted by Crippen LogP contribution is -2.36. The molecule has 0 N–H and O–H groups in total. The van der Waals surface area contributed by atoms with Gasteiger partial charge in [-0.05, 0) is 32.6 Å². The number of hydrogen-bond donors (Lipinski definition) is 0. The van der Waals surface area contributed by atoms with Gasteiger partial charge in [0.1, 0.15) is 18.3 Å². The predicted molar refractivity (Wildman–Crippen MR) is 86.7 cm³/mol. The first kappa shape index (κ1) is 15.5. The summed E-state index contributed by atoms with van der Waals surface area (Å²) in [5.41, 5.74) is 1.37. The van der Waals surface area contributed by atoms with Crippen molar-refractivity contribution in [2.75, 3.05) is 6.54 Å². The number of aryl methyl sites for hydroxylation is 1. The van der Waals surface area contributed by atoms with Gasteiger partial charge in [0.05, 0.1) is 6.20 Å². The molecule has 1 aliphatic rings. The zero-order chi connectivity index (χ0) is 16.4. The summed E-state index contributed by atoms with van der Waals surface area (Å²) in [6, 6.07) is 0. The van der Waals surface area contributed by atoms with Crippen molar-refractivity contribution in [2.24, 2.45) is 7.05 Å². The first-order chi connectivity index (χ1) is 11.1. The number of likely N-dealkylation sites (N-methyl/N-ethyl adjacent to an activating group) is 1. The first-order valence-electron chi connectivity index (χ1n) is 7.98. The molecule has 0 saturated heterocycles. The van der Waals surface area contributed by atoms with Gasteiger partial charge in [0.2, 0.25) is 5.91 Å². The molecule has 7 heteroatoms. The number of carbonyl (C=O) groups excluding carboxylic acids is 1. The van der Waals surface area contributed by atoms with Gasteiger partial charge in [0, 0.05) is 19.3 Å². The first-order valence-corrected chi connectivity index (χ1v) is 7.98. The average Bonchev–Trinajstić information content (AvgIpc) is 2.94. The minimum Gasteiger partial charge on any atom is -0.315 e. The Morgan fingerprint density at radius 2 is 2.22 bits per heavy atom. The van der Waals surface area contributed by atoms with Gasteiger partial charge in [0.15, 0.2) is 5.65 Å². The number of fused-ring (bicyclic) bond motifs is 1. The van der Waals surface area contributed by atoms with E-state index in [4.69, 9.17) is 0 Å². The Bertz CT molecular complexity index is 817. The zero-order valence-corrected chi connectivity index (χ0v) is 13.5. The maximum atomic E-state index is 12.6. The van der Waals surface area contributed by atoms with Crippen LogP contribution in [-0.4, -0.2) is 36.7 Å². The number of hydrogen-bond acceptors (Lipinski definition) is 4. The topological polar surface area (TPSA) is 73.0 Å². The van der Waals surface area contributed by atoms with Crippen molar-refractivity contribution in [1.29, 1.82) is 0 Å². The Balaban J connectivity index is 1.85. The zero-order valence-electron chi connectivity index (χ0n) is 13.5. The van der Waals surface area contributed by atoms with Crippen molar-refractivity contribution < 1.29 is 4.79 Å². The van der Waals surface area contributed by atoms with Crippen molar-refractivity contribution in [3.63, 3.8) is 0 Å². The van der Waals surface area contributed by atoms with Gasteiger partial charge in [-0.3, -0.25) is 18.8 Å². The molecule has 2 aromatic rings. The molecule has 0 aromatic carbocycles. The van der Waals surface area contributed by atoms with E-state index in [0.717, 1.165) is 25.0 Å². The number of carbonyl (C=O) groups is 1. The molecule has 0 saturated carbocycles. The molecule has 122 valence electrons. The molecule has 0 radical (unpaired) electrons. The summed E-state index contributed by atoms with van der Waals surface area (Å²) in [5, 5.41) is 4.47. The molecule has 1 aliphatic carbocycles. The molecule has 1 amide bonds. The predicted octanol–water partition coefficient (Wildman–Crippen LogP) is 1.44. The van der Waals surface area contributed by atoms with Crippen LogP contribution in [-0.2, 0) is 18.4 Å². The molecule has 23 heavy (non-hydrogen) atoms. The Hall–Kier alpha value is -2.44. The Labute approximate surface area is 134 Å². The van der Waals surface area contributed by atoms with Gasteiger partial charge >= 0.3 is 0 Å². The quantitative estimate of drug-likeness (QED) is 0.855. The van der Waals surface area contributed by atoms with Gasteiger partial charge < -0.3 is 4.90 Å². The Morgan fingerprint density at radius 3 is 2.91 bits per heavy atom. The van der Waals surface area contributed by atoms with E-state index in [2.05, 4.69) is 16.2 Å². The van der Waals surface area contributed by atoms with E-state index in [0.29, 0.717) is 17.6 Å². The molecule has 0 unspecified atom stereocenters. The number of amides is 1. The molecule has 0 atom stereocenters. The monoisotopic (exact) mass is 315 g/mol. The lowest BCUT2D eigenvalue weighted by Gasteiger charge is -2.26. The van der Waals surface area contributed by atoms with Crippen molar-refractivity contribution in [1.82, 2.24) is 24.2 Å².